The van der Waals surface area contributed by atoms with Gasteiger partial charge in [-0.25, -0.2) is 0 Å². The molecule has 0 amide bonds. The molecule has 0 atom stereocenters. The van der Waals surface area contributed by atoms with E-state index in [0.717, 1.165) is 61.9 Å². The predicted octanol–water partition coefficient (Wildman–Crippen LogP) is 2.47. The Morgan fingerprint density at radius 1 is 1.11 bits per heavy atom. The molecule has 8 nitrogen and oxygen atoms in total. The van der Waals surface area contributed by atoms with E-state index in [-0.39, 0.29) is 0 Å². The number of anilines is 3. The molecule has 2 N–H and O–H groups in total. The first-order valence-electron chi connectivity index (χ1n) is 9.68. The number of aromatic nitrogens is 4. The van der Waals surface area contributed by atoms with Gasteiger partial charge in [-0.2, -0.15) is 15.1 Å². The monoisotopic (exact) mass is 381 g/mol. The van der Waals surface area contributed by atoms with Gasteiger partial charge in [0.15, 0.2) is 5.65 Å². The molecular formula is C20H27N7O. The van der Waals surface area contributed by atoms with Crippen LogP contribution >= 0.6 is 0 Å². The van der Waals surface area contributed by atoms with Crippen LogP contribution in [0.4, 0.5) is 17.5 Å². The fraction of sp³-hybridized carbons (Fsp3) is 0.450. The summed E-state index contributed by atoms with van der Waals surface area (Å²) in [5.74, 6) is 1.37. The Labute approximate surface area is 164 Å². The maximum atomic E-state index is 5.40. The van der Waals surface area contributed by atoms with Gasteiger partial charge in [-0.05, 0) is 37.1 Å². The summed E-state index contributed by atoms with van der Waals surface area (Å²) in [6, 6.07) is 6.31. The molecule has 1 aliphatic heterocycles. The Morgan fingerprint density at radius 2 is 1.93 bits per heavy atom. The van der Waals surface area contributed by atoms with Crippen molar-refractivity contribution >= 4 is 28.5 Å². The molecule has 0 radical (unpaired) electrons. The third-order valence-electron chi connectivity index (χ3n) is 5.18. The van der Waals surface area contributed by atoms with Gasteiger partial charge in [0.2, 0.25) is 5.95 Å². The topological polar surface area (TPSA) is 80.1 Å². The van der Waals surface area contributed by atoms with Crippen molar-refractivity contribution in [2.75, 3.05) is 50.0 Å². The zero-order valence-electron chi connectivity index (χ0n) is 16.7. The lowest BCUT2D eigenvalue weighted by Gasteiger charge is -2.26. The zero-order chi connectivity index (χ0) is 19.5. The summed E-state index contributed by atoms with van der Waals surface area (Å²) >= 11 is 0. The molecule has 0 unspecified atom stereocenters. The standard InChI is InChI=1S/C20H27N7O/c1-14-4-5-16(12-15(14)2)23-18-17-13-22-26(3)19(17)25-20(24-18)21-6-7-27-8-10-28-11-9-27/h4-5,12-13H,6-11H2,1-3H3,(H2,21,23,24,25). The lowest BCUT2D eigenvalue weighted by molar-refractivity contribution is 0.0398. The van der Waals surface area contributed by atoms with Gasteiger partial charge in [0.05, 0.1) is 24.8 Å². The molecule has 1 aliphatic rings. The van der Waals surface area contributed by atoms with Gasteiger partial charge in [0, 0.05) is 38.9 Å². The number of benzene rings is 1. The van der Waals surface area contributed by atoms with Crippen LogP contribution in [0.1, 0.15) is 11.1 Å². The van der Waals surface area contributed by atoms with Crippen LogP contribution in [-0.4, -0.2) is 64.0 Å². The Kier molecular flexibility index (Phi) is 5.40. The van der Waals surface area contributed by atoms with Crippen molar-refractivity contribution in [3.8, 4) is 0 Å². The summed E-state index contributed by atoms with van der Waals surface area (Å²) in [5, 5.41) is 12.1. The van der Waals surface area contributed by atoms with Crippen LogP contribution in [0, 0.1) is 13.8 Å². The first kappa shape index (κ1) is 18.6. The normalized spacial score (nSPS) is 15.1. The van der Waals surface area contributed by atoms with Crippen LogP contribution in [0.5, 0.6) is 0 Å². The smallest absolute Gasteiger partial charge is 0.226 e. The third-order valence-corrected chi connectivity index (χ3v) is 5.18. The van der Waals surface area contributed by atoms with Gasteiger partial charge in [-0.15, -0.1) is 0 Å². The molecule has 8 heteroatoms. The number of nitrogens with zero attached hydrogens (tertiary/aromatic N) is 5. The second-order valence-corrected chi connectivity index (χ2v) is 7.21. The van der Waals surface area contributed by atoms with Gasteiger partial charge < -0.3 is 15.4 Å². The van der Waals surface area contributed by atoms with E-state index in [1.165, 1.54) is 11.1 Å². The highest BCUT2D eigenvalue weighted by Gasteiger charge is 2.13. The molecule has 1 fully saturated rings. The first-order chi connectivity index (χ1) is 13.6. The van der Waals surface area contributed by atoms with E-state index in [0.29, 0.717) is 5.95 Å². The average Bonchev–Trinajstić information content (AvgIpc) is 3.07. The van der Waals surface area contributed by atoms with E-state index in [4.69, 9.17) is 9.72 Å². The SMILES string of the molecule is Cc1ccc(Nc2nc(NCCN3CCOCC3)nc3c2cnn3C)cc1C. The number of hydrogen-bond donors (Lipinski definition) is 2. The molecule has 0 bridgehead atoms. The molecule has 28 heavy (non-hydrogen) atoms. The van der Waals surface area contributed by atoms with Crippen molar-refractivity contribution in [2.24, 2.45) is 7.05 Å². The molecule has 4 rings (SSSR count). The number of ether oxygens (including phenoxy) is 1. The van der Waals surface area contributed by atoms with E-state index >= 15 is 0 Å². The number of rotatable bonds is 6. The van der Waals surface area contributed by atoms with Crippen LogP contribution in [0.25, 0.3) is 11.0 Å². The van der Waals surface area contributed by atoms with Crippen molar-refractivity contribution in [1.82, 2.24) is 24.6 Å². The summed E-state index contributed by atoms with van der Waals surface area (Å²) in [6.07, 6.45) is 1.80. The predicted molar refractivity (Wildman–Crippen MR) is 111 cm³/mol. The molecule has 0 aliphatic carbocycles. The maximum Gasteiger partial charge on any atom is 0.226 e. The first-order valence-corrected chi connectivity index (χ1v) is 9.68. The molecule has 3 heterocycles. The van der Waals surface area contributed by atoms with Crippen LogP contribution in [-0.2, 0) is 11.8 Å². The van der Waals surface area contributed by atoms with Gasteiger partial charge in [-0.1, -0.05) is 6.07 Å². The van der Waals surface area contributed by atoms with Crippen LogP contribution in [0.15, 0.2) is 24.4 Å². The summed E-state index contributed by atoms with van der Waals surface area (Å²) in [4.78, 5) is 11.7. The molecule has 0 spiro atoms. The second kappa shape index (κ2) is 8.12. The van der Waals surface area contributed by atoms with Crippen LogP contribution in [0.3, 0.4) is 0 Å². The average molecular weight is 381 g/mol. The molecule has 0 saturated carbocycles. The van der Waals surface area contributed by atoms with Gasteiger partial charge in [-0.3, -0.25) is 9.58 Å². The lowest BCUT2D eigenvalue weighted by atomic mass is 10.1. The van der Waals surface area contributed by atoms with Gasteiger partial charge in [0.25, 0.3) is 0 Å². The Balaban J connectivity index is 1.54. The van der Waals surface area contributed by atoms with Crippen LogP contribution < -0.4 is 10.6 Å². The molecular weight excluding hydrogens is 354 g/mol. The van der Waals surface area contributed by atoms with E-state index in [1.54, 1.807) is 10.9 Å². The minimum Gasteiger partial charge on any atom is -0.379 e. The second-order valence-electron chi connectivity index (χ2n) is 7.21. The Bertz CT molecular complexity index is 963. The fourth-order valence-corrected chi connectivity index (χ4v) is 3.30. The third kappa shape index (κ3) is 4.07. The number of fused-ring (bicyclic) bond motifs is 1. The van der Waals surface area contributed by atoms with E-state index in [1.807, 2.05) is 7.05 Å². The highest BCUT2D eigenvalue weighted by Crippen LogP contribution is 2.25. The number of aryl methyl sites for hydroxylation is 3. The number of nitrogens with one attached hydrogen (secondary N) is 2. The van der Waals surface area contributed by atoms with Crippen molar-refractivity contribution in [2.45, 2.75) is 13.8 Å². The number of morpholine rings is 1. The van der Waals surface area contributed by atoms with Crippen molar-refractivity contribution < 1.29 is 4.74 Å². The summed E-state index contributed by atoms with van der Waals surface area (Å²) in [6.45, 7) is 9.51. The Morgan fingerprint density at radius 3 is 2.71 bits per heavy atom. The van der Waals surface area contributed by atoms with E-state index in [9.17, 15) is 0 Å². The molecule has 1 saturated heterocycles. The highest BCUT2D eigenvalue weighted by molar-refractivity contribution is 5.89. The van der Waals surface area contributed by atoms with E-state index < -0.39 is 0 Å². The van der Waals surface area contributed by atoms with Gasteiger partial charge >= 0.3 is 0 Å². The lowest BCUT2D eigenvalue weighted by Crippen LogP contribution is -2.39. The van der Waals surface area contributed by atoms with Gasteiger partial charge in [0.1, 0.15) is 5.82 Å². The van der Waals surface area contributed by atoms with Crippen molar-refractivity contribution in [3.63, 3.8) is 0 Å². The highest BCUT2D eigenvalue weighted by atomic mass is 16.5. The fourth-order valence-electron chi connectivity index (χ4n) is 3.30. The van der Waals surface area contributed by atoms with Crippen LogP contribution in [0.2, 0.25) is 0 Å². The molecule has 148 valence electrons. The zero-order valence-corrected chi connectivity index (χ0v) is 16.7. The minimum absolute atomic E-state index is 0.607. The maximum absolute atomic E-state index is 5.40. The molecule has 2 aromatic heterocycles. The Hall–Kier alpha value is -2.71. The summed E-state index contributed by atoms with van der Waals surface area (Å²) in [5.41, 5.74) is 4.32. The quantitative estimate of drug-likeness (QED) is 0.679. The molecule has 3 aromatic rings. The van der Waals surface area contributed by atoms with Crippen molar-refractivity contribution in [3.05, 3.63) is 35.5 Å². The largest absolute Gasteiger partial charge is 0.379 e. The number of hydrogen-bond acceptors (Lipinski definition) is 7. The minimum atomic E-state index is 0.607. The summed E-state index contributed by atoms with van der Waals surface area (Å²) < 4.78 is 7.17. The summed E-state index contributed by atoms with van der Waals surface area (Å²) in [7, 11) is 1.90. The van der Waals surface area contributed by atoms with E-state index in [2.05, 4.69) is 57.7 Å². The molecule has 1 aromatic carbocycles. The van der Waals surface area contributed by atoms with Crippen molar-refractivity contribution in [1.29, 1.82) is 0 Å².